The Morgan fingerprint density at radius 2 is 0.426 bits per heavy atom. The summed E-state index contributed by atoms with van der Waals surface area (Å²) in [5.41, 5.74) is -14.8. The Hall–Kier alpha value is -4.62. The maximum Gasteiger partial charge on any atom is 0.639 e. The van der Waals surface area contributed by atoms with Crippen LogP contribution in [0, 0.1) is 116 Å². The molecule has 0 aliphatic rings. The van der Waals surface area contributed by atoms with Gasteiger partial charge >= 0.3 is 7.32 Å². The maximum absolute atomic E-state index is 15.3. The lowest BCUT2D eigenvalue weighted by atomic mass is 10.0. The molecule has 0 heterocycles. The molecule has 0 aromatic heterocycles. The van der Waals surface area contributed by atoms with E-state index < -0.39 is 151 Å². The summed E-state index contributed by atoms with van der Waals surface area (Å²) in [5, 5.41) is 0. The van der Waals surface area contributed by atoms with Crippen LogP contribution in [-0.2, 0) is 14.0 Å². The predicted molar refractivity (Wildman–Crippen MR) is 174 cm³/mol. The lowest BCUT2D eigenvalue weighted by Crippen LogP contribution is -2.42. The predicted octanol–water partition coefficient (Wildman–Crippen LogP) is 13.2. The molecule has 4 nitrogen and oxygen atoms in total. The van der Waals surface area contributed by atoms with Crippen molar-refractivity contribution >= 4 is 30.1 Å². The topological polar surface area (TPSA) is 27.7 Å². The van der Waals surface area contributed by atoms with Crippen molar-refractivity contribution in [2.45, 2.75) is 59.3 Å². The van der Waals surface area contributed by atoms with Gasteiger partial charge in [0.25, 0.3) is 0 Å². The van der Waals surface area contributed by atoms with Crippen molar-refractivity contribution in [1.29, 1.82) is 0 Å². The van der Waals surface area contributed by atoms with Gasteiger partial charge in [-0.3, -0.25) is 0 Å². The second-order valence-corrected chi connectivity index (χ2v) is 12.3. The summed E-state index contributed by atoms with van der Waals surface area (Å²) in [6.07, 6.45) is 6.59. The summed E-state index contributed by atoms with van der Waals surface area (Å²) in [7, 11) is -0.454. The first-order valence-corrected chi connectivity index (χ1v) is 17.4. The highest BCUT2D eigenvalue weighted by atomic mass is 19.2. The first kappa shape index (κ1) is 50.7. The van der Waals surface area contributed by atoms with Crippen LogP contribution in [0.3, 0.4) is 0 Å². The van der Waals surface area contributed by atoms with Crippen LogP contribution >= 0.6 is 0 Å². The number of nitrogens with zero attached hydrogens (tertiary/aromatic N) is 1. The number of halogens is 20. The van der Waals surface area contributed by atoms with Gasteiger partial charge in [0.15, 0.2) is 0 Å². The summed E-state index contributed by atoms with van der Waals surface area (Å²) in [6.45, 7) is 8.61. The molecule has 0 fully saturated rings. The van der Waals surface area contributed by atoms with Crippen LogP contribution in [0.15, 0.2) is 0 Å². The van der Waals surface area contributed by atoms with Crippen LogP contribution in [0.25, 0.3) is 0 Å². The zero-order valence-corrected chi connectivity index (χ0v) is 31.2. The molecule has 0 radical (unpaired) electrons. The van der Waals surface area contributed by atoms with E-state index in [0.717, 1.165) is 58.3 Å². The van der Waals surface area contributed by atoms with Crippen LogP contribution in [0.5, 0.6) is 0 Å². The monoisotopic (exact) mass is 912 g/mol. The SMILES string of the molecule is CCCCOB(OCCCC)OCCCC.Fc1c(F)c(F)c([N+](c2c(F)c(F)c(F)c(F)c2F)(c2c(F)c(F)c(F)c(F)c2F)c2c(F)c(F)c(F)c(F)c2F)c(F)c1F. The summed E-state index contributed by atoms with van der Waals surface area (Å²) in [6, 6.07) is 0. The normalized spacial score (nSPS) is 11.7. The summed E-state index contributed by atoms with van der Waals surface area (Å²) in [4.78, 5) is 0. The van der Waals surface area contributed by atoms with Crippen molar-refractivity contribution in [2.75, 3.05) is 19.8 Å². The largest absolute Gasteiger partial charge is 0.639 e. The third kappa shape index (κ3) is 9.28. The zero-order chi connectivity index (χ0) is 46.4. The van der Waals surface area contributed by atoms with Gasteiger partial charge in [0.05, 0.1) is 0 Å². The van der Waals surface area contributed by atoms with E-state index in [-0.39, 0.29) is 0 Å². The summed E-state index contributed by atoms with van der Waals surface area (Å²) in [5.74, 6) is -72.2. The van der Waals surface area contributed by atoms with E-state index in [1.807, 2.05) is 0 Å². The van der Waals surface area contributed by atoms with E-state index in [4.69, 9.17) is 14.0 Å². The second-order valence-electron chi connectivity index (χ2n) is 12.3. The Morgan fingerprint density at radius 3 is 0.574 bits per heavy atom. The van der Waals surface area contributed by atoms with Crippen LogP contribution < -0.4 is 4.48 Å². The van der Waals surface area contributed by atoms with Gasteiger partial charge in [-0.05, 0) is 19.3 Å². The number of benzene rings is 4. The van der Waals surface area contributed by atoms with Crippen molar-refractivity contribution in [3.63, 3.8) is 0 Å². The van der Waals surface area contributed by atoms with Crippen molar-refractivity contribution < 1.29 is 102 Å². The van der Waals surface area contributed by atoms with Gasteiger partial charge in [-0.15, -0.1) is 0 Å². The molecule has 25 heteroatoms. The average molecular weight is 912 g/mol. The van der Waals surface area contributed by atoms with Gasteiger partial charge in [0.2, 0.25) is 139 Å². The summed E-state index contributed by atoms with van der Waals surface area (Å²) < 4.78 is 305. The molecule has 0 spiro atoms. The van der Waals surface area contributed by atoms with E-state index in [1.54, 1.807) is 0 Å². The fraction of sp³-hybridized carbons (Fsp3) is 0.333. The van der Waals surface area contributed by atoms with Crippen molar-refractivity contribution in [2.24, 2.45) is 0 Å². The lowest BCUT2D eigenvalue weighted by molar-refractivity contribution is 0.0899. The molecule has 0 saturated carbocycles. The minimum atomic E-state index is -4.98. The smallest absolute Gasteiger partial charge is 0.386 e. The molecule has 0 saturated heterocycles. The highest BCUT2D eigenvalue weighted by Crippen LogP contribution is 2.60. The Kier molecular flexibility index (Phi) is 17.4. The maximum atomic E-state index is 15.3. The van der Waals surface area contributed by atoms with Gasteiger partial charge < -0.3 is 14.0 Å². The molecule has 0 unspecified atom stereocenters. The van der Waals surface area contributed by atoms with E-state index in [0.29, 0.717) is 0 Å². The first-order valence-electron chi connectivity index (χ1n) is 17.4. The van der Waals surface area contributed by atoms with Crippen LogP contribution in [0.4, 0.5) is 111 Å². The number of rotatable bonds is 16. The molecule has 4 rings (SSSR count). The number of hydrogen-bond acceptors (Lipinski definition) is 3. The standard InChI is InChI=1S/C24F20N.C12H27BO3/c25-1-5(29)13(37)21(14(38)6(1)30)45(22-15(39)7(31)2(26)8(32)16(22)40,23-17(41)9(33)3(27)10(34)18(23)42)24-19(43)11(35)4(28)12(36)20(24)44;1-4-7-10-14-13(15-11-8-5-2)16-12-9-6-3/h;4-12H2,1-3H3/q+1;. The third-order valence-electron chi connectivity index (χ3n) is 8.34. The highest BCUT2D eigenvalue weighted by molar-refractivity contribution is 6.36. The van der Waals surface area contributed by atoms with Gasteiger partial charge in [-0.25, -0.2) is 52.7 Å². The fourth-order valence-electron chi connectivity index (χ4n) is 5.34. The van der Waals surface area contributed by atoms with Crippen molar-refractivity contribution in [1.82, 2.24) is 4.48 Å². The second kappa shape index (κ2) is 21.0. The lowest BCUT2D eigenvalue weighted by Gasteiger charge is -2.37. The van der Waals surface area contributed by atoms with E-state index in [9.17, 15) is 52.7 Å². The minimum Gasteiger partial charge on any atom is -0.386 e. The van der Waals surface area contributed by atoms with E-state index in [1.165, 1.54) is 0 Å². The zero-order valence-electron chi connectivity index (χ0n) is 31.2. The van der Waals surface area contributed by atoms with Crippen LogP contribution in [0.1, 0.15) is 59.3 Å². The third-order valence-corrected chi connectivity index (χ3v) is 8.34. The molecule has 4 aromatic carbocycles. The van der Waals surface area contributed by atoms with Gasteiger partial charge in [0.1, 0.15) is 0 Å². The Bertz CT molecular complexity index is 1840. The van der Waals surface area contributed by atoms with Crippen molar-refractivity contribution in [3.8, 4) is 0 Å². The number of hydrogen-bond donors (Lipinski definition) is 0. The molecular weight excluding hydrogens is 885 g/mol. The first-order chi connectivity index (χ1) is 28.5. The van der Waals surface area contributed by atoms with Gasteiger partial charge in [-0.2, -0.15) is 39.6 Å². The Labute approximate surface area is 332 Å². The van der Waals surface area contributed by atoms with E-state index in [2.05, 4.69) is 20.8 Å². The Balaban J connectivity index is 0.000000525. The number of quaternary nitrogens is 1. The molecule has 0 amide bonds. The Morgan fingerprint density at radius 1 is 0.279 bits per heavy atom. The van der Waals surface area contributed by atoms with Gasteiger partial charge in [-0.1, -0.05) is 40.0 Å². The molecule has 0 aliphatic carbocycles. The molecule has 0 atom stereocenters. The quantitative estimate of drug-likeness (QED) is 0.0280. The van der Waals surface area contributed by atoms with Crippen LogP contribution in [-0.4, -0.2) is 27.1 Å². The molecule has 0 N–H and O–H groups in total. The highest BCUT2D eigenvalue weighted by Gasteiger charge is 2.60. The van der Waals surface area contributed by atoms with Gasteiger partial charge in [0, 0.05) is 19.8 Å². The average Bonchev–Trinajstić information content (AvgIpc) is 3.23. The summed E-state index contributed by atoms with van der Waals surface area (Å²) >= 11 is 0. The van der Waals surface area contributed by atoms with Crippen LogP contribution in [0.2, 0.25) is 0 Å². The molecule has 0 aliphatic heterocycles. The molecule has 0 bridgehead atoms. The molecular formula is C36H27BF20NO3+. The number of unbranched alkanes of at least 4 members (excludes halogenated alkanes) is 3. The van der Waals surface area contributed by atoms with E-state index >= 15 is 35.1 Å². The van der Waals surface area contributed by atoms with Crippen molar-refractivity contribution in [3.05, 3.63) is 116 Å². The fourth-order valence-corrected chi connectivity index (χ4v) is 5.34. The molecule has 4 aromatic rings. The molecule has 336 valence electrons. The molecule has 61 heavy (non-hydrogen) atoms. The minimum absolute atomic E-state index is 0.454.